The number of aliphatic hydroxyl groups is 1. The van der Waals surface area contributed by atoms with E-state index >= 15 is 0 Å². The summed E-state index contributed by atoms with van der Waals surface area (Å²) in [5, 5.41) is 11.2. The normalized spacial score (nSPS) is 20.3. The number of hydrogen-bond donors (Lipinski definition) is 1. The predicted octanol–water partition coefficient (Wildman–Crippen LogP) is 2.20. The minimum Gasteiger partial charge on any atom is -0.466 e. The summed E-state index contributed by atoms with van der Waals surface area (Å²) >= 11 is 0. The van der Waals surface area contributed by atoms with Crippen LogP contribution in [0.25, 0.3) is 0 Å². The van der Waals surface area contributed by atoms with E-state index in [1.807, 2.05) is 40.1 Å². The summed E-state index contributed by atoms with van der Waals surface area (Å²) in [5.41, 5.74) is 0.334. The van der Waals surface area contributed by atoms with Gasteiger partial charge in [-0.2, -0.15) is 0 Å². The Morgan fingerprint density at radius 1 is 1.00 bits per heavy atom. The molecule has 2 fully saturated rings. The molecule has 0 bridgehead atoms. The first-order valence-electron chi connectivity index (χ1n) is 9.65. The second kappa shape index (κ2) is 8.57. The van der Waals surface area contributed by atoms with Crippen LogP contribution in [0.15, 0.2) is 42.1 Å². The Hall–Kier alpha value is -2.34. The third kappa shape index (κ3) is 4.50. The summed E-state index contributed by atoms with van der Waals surface area (Å²) in [6, 6.07) is 9.26. The van der Waals surface area contributed by atoms with Gasteiger partial charge >= 0.3 is 5.97 Å². The molecule has 1 amide bonds. The van der Waals surface area contributed by atoms with E-state index in [2.05, 4.69) is 0 Å². The maximum Gasteiger partial charge on any atom is 0.332 e. The van der Waals surface area contributed by atoms with Gasteiger partial charge in [0.2, 0.25) is 0 Å². The molecule has 6 heteroatoms. The lowest BCUT2D eigenvalue weighted by Crippen LogP contribution is -2.52. The van der Waals surface area contributed by atoms with E-state index in [0.29, 0.717) is 50.3 Å². The molecule has 0 radical (unpaired) electrons. The summed E-state index contributed by atoms with van der Waals surface area (Å²) in [4.78, 5) is 28.4. The van der Waals surface area contributed by atoms with E-state index in [4.69, 9.17) is 4.74 Å². The van der Waals surface area contributed by atoms with Crippen LogP contribution in [0.4, 0.5) is 0 Å². The first kappa shape index (κ1) is 19.4. The van der Waals surface area contributed by atoms with E-state index in [-0.39, 0.29) is 5.91 Å². The molecule has 0 aromatic heterocycles. The summed E-state index contributed by atoms with van der Waals surface area (Å²) < 4.78 is 4.81. The molecule has 1 aliphatic carbocycles. The fourth-order valence-corrected chi connectivity index (χ4v) is 4.00. The highest BCUT2D eigenvalue weighted by Crippen LogP contribution is 2.36. The van der Waals surface area contributed by atoms with Crippen molar-refractivity contribution in [1.82, 2.24) is 9.80 Å². The number of amides is 1. The van der Waals surface area contributed by atoms with Gasteiger partial charge in [0.05, 0.1) is 12.8 Å². The predicted molar refractivity (Wildman–Crippen MR) is 102 cm³/mol. The molecular formula is C21H28N2O4. The van der Waals surface area contributed by atoms with Gasteiger partial charge in [0.1, 0.15) is 5.60 Å². The zero-order valence-electron chi connectivity index (χ0n) is 15.9. The van der Waals surface area contributed by atoms with Crippen molar-refractivity contribution < 1.29 is 19.4 Å². The Balaban J connectivity index is 1.72. The molecule has 6 nitrogen and oxygen atoms in total. The van der Waals surface area contributed by atoms with Gasteiger partial charge in [-0.1, -0.05) is 37.5 Å². The number of piperazine rings is 1. The van der Waals surface area contributed by atoms with Crippen molar-refractivity contribution in [2.75, 3.05) is 33.3 Å². The quantitative estimate of drug-likeness (QED) is 0.648. The van der Waals surface area contributed by atoms with Gasteiger partial charge in [-0.15, -0.1) is 0 Å². The molecule has 1 aromatic carbocycles. The van der Waals surface area contributed by atoms with E-state index in [9.17, 15) is 14.7 Å². The summed E-state index contributed by atoms with van der Waals surface area (Å²) in [7, 11) is 1.35. The lowest BCUT2D eigenvalue weighted by Gasteiger charge is -2.44. The lowest BCUT2D eigenvalue weighted by atomic mass is 9.81. The highest BCUT2D eigenvalue weighted by atomic mass is 16.5. The highest BCUT2D eigenvalue weighted by Gasteiger charge is 2.38. The fourth-order valence-electron chi connectivity index (χ4n) is 4.00. The minimum atomic E-state index is -0.988. The number of carbonyl (C=O) groups excluding carboxylic acids is 2. The van der Waals surface area contributed by atoms with Gasteiger partial charge in [-0.3, -0.25) is 4.79 Å². The molecule has 1 heterocycles. The molecule has 1 aliphatic heterocycles. The van der Waals surface area contributed by atoms with Crippen molar-refractivity contribution in [2.24, 2.45) is 0 Å². The number of carbonyl (C=O) groups is 2. The average molecular weight is 372 g/mol. The minimum absolute atomic E-state index is 0.0186. The van der Waals surface area contributed by atoms with Crippen molar-refractivity contribution in [3.05, 3.63) is 47.7 Å². The van der Waals surface area contributed by atoms with Gasteiger partial charge in [-0.05, 0) is 25.0 Å². The Labute approximate surface area is 160 Å². The first-order chi connectivity index (χ1) is 13.0. The fraction of sp³-hybridized carbons (Fsp3) is 0.524. The molecule has 3 rings (SSSR count). The van der Waals surface area contributed by atoms with E-state index in [1.165, 1.54) is 13.2 Å². The lowest BCUT2D eigenvalue weighted by molar-refractivity contribution is -0.135. The summed E-state index contributed by atoms with van der Waals surface area (Å²) in [6.07, 6.45) is 5.73. The van der Waals surface area contributed by atoms with Crippen molar-refractivity contribution >= 4 is 11.9 Å². The van der Waals surface area contributed by atoms with Gasteiger partial charge in [-0.25, -0.2) is 4.79 Å². The van der Waals surface area contributed by atoms with E-state index in [0.717, 1.165) is 19.3 Å². The number of rotatable bonds is 4. The van der Waals surface area contributed by atoms with Crippen molar-refractivity contribution in [3.63, 3.8) is 0 Å². The Morgan fingerprint density at radius 3 is 2.19 bits per heavy atom. The molecule has 27 heavy (non-hydrogen) atoms. The van der Waals surface area contributed by atoms with Crippen LogP contribution in [0.5, 0.6) is 0 Å². The van der Waals surface area contributed by atoms with Crippen LogP contribution in [-0.2, 0) is 9.53 Å². The van der Waals surface area contributed by atoms with Gasteiger partial charge < -0.3 is 19.6 Å². The van der Waals surface area contributed by atoms with E-state index < -0.39 is 11.6 Å². The summed E-state index contributed by atoms with van der Waals surface area (Å²) in [5.74, 6) is -0.433. The molecule has 1 aromatic rings. The smallest absolute Gasteiger partial charge is 0.332 e. The van der Waals surface area contributed by atoms with Crippen LogP contribution in [0.2, 0.25) is 0 Å². The average Bonchev–Trinajstić information content (AvgIpc) is 2.72. The Kier molecular flexibility index (Phi) is 6.16. The second-order valence-corrected chi connectivity index (χ2v) is 7.29. The molecule has 1 saturated heterocycles. The standard InChI is InChI=1S/C21H28N2O4/c1-27-19(24)16-18(21(26)10-6-3-7-11-21)22-12-14-23(15-13-22)20(25)17-8-4-2-5-9-17/h2,4-5,8-9,16,26H,3,6-7,10-15H2,1H3/b18-16-. The van der Waals surface area contributed by atoms with Gasteiger partial charge in [0.25, 0.3) is 5.91 Å². The number of hydrogen-bond acceptors (Lipinski definition) is 5. The molecule has 2 aliphatic rings. The van der Waals surface area contributed by atoms with Gasteiger partial charge in [0, 0.05) is 37.8 Å². The van der Waals surface area contributed by atoms with Crippen LogP contribution in [0.1, 0.15) is 42.5 Å². The number of ether oxygens (including phenoxy) is 1. The van der Waals surface area contributed by atoms with Crippen LogP contribution >= 0.6 is 0 Å². The number of esters is 1. The molecule has 1 saturated carbocycles. The third-order valence-corrected chi connectivity index (χ3v) is 5.54. The Morgan fingerprint density at radius 2 is 1.59 bits per heavy atom. The first-order valence-corrected chi connectivity index (χ1v) is 9.65. The molecule has 0 spiro atoms. The topological polar surface area (TPSA) is 70.1 Å². The van der Waals surface area contributed by atoms with Crippen molar-refractivity contribution in [2.45, 2.75) is 37.7 Å². The zero-order chi connectivity index (χ0) is 19.3. The SMILES string of the molecule is COC(=O)/C=C(\N1CCN(C(=O)c2ccccc2)CC1)C1(O)CCCCC1. The maximum absolute atomic E-state index is 12.6. The monoisotopic (exact) mass is 372 g/mol. The van der Waals surface area contributed by atoms with Crippen LogP contribution < -0.4 is 0 Å². The maximum atomic E-state index is 12.6. The van der Waals surface area contributed by atoms with Crippen molar-refractivity contribution in [1.29, 1.82) is 0 Å². The molecule has 0 unspecified atom stereocenters. The number of benzene rings is 1. The van der Waals surface area contributed by atoms with E-state index in [1.54, 1.807) is 0 Å². The molecule has 1 N–H and O–H groups in total. The molecule has 146 valence electrons. The largest absolute Gasteiger partial charge is 0.466 e. The third-order valence-electron chi connectivity index (χ3n) is 5.54. The van der Waals surface area contributed by atoms with Crippen LogP contribution in [0.3, 0.4) is 0 Å². The zero-order valence-corrected chi connectivity index (χ0v) is 15.9. The van der Waals surface area contributed by atoms with Crippen molar-refractivity contribution in [3.8, 4) is 0 Å². The van der Waals surface area contributed by atoms with Crippen LogP contribution in [0, 0.1) is 0 Å². The number of nitrogens with zero attached hydrogens (tertiary/aromatic N) is 2. The van der Waals surface area contributed by atoms with Gasteiger partial charge in [0.15, 0.2) is 0 Å². The summed E-state index contributed by atoms with van der Waals surface area (Å²) in [6.45, 7) is 2.29. The van der Waals surface area contributed by atoms with Crippen LogP contribution in [-0.4, -0.2) is 65.7 Å². The Bertz CT molecular complexity index is 687. The highest BCUT2D eigenvalue weighted by molar-refractivity contribution is 5.94. The second-order valence-electron chi connectivity index (χ2n) is 7.29. The molecular weight excluding hydrogens is 344 g/mol. The number of methoxy groups -OCH3 is 1. The molecule has 0 atom stereocenters.